The molecule has 2 saturated carbocycles. The minimum atomic E-state index is -0.205. The monoisotopic (exact) mass is 367 g/mol. The number of aromatic nitrogens is 3. The van der Waals surface area contributed by atoms with Gasteiger partial charge in [0, 0.05) is 18.3 Å². The summed E-state index contributed by atoms with van der Waals surface area (Å²) in [6.45, 7) is 0.232. The Bertz CT molecular complexity index is 863. The fourth-order valence-electron chi connectivity index (χ4n) is 4.24. The Hall–Kier alpha value is -2.77. The highest BCUT2D eigenvalue weighted by molar-refractivity contribution is 5.99. The van der Waals surface area contributed by atoms with E-state index in [1.54, 1.807) is 11.1 Å². The Kier molecular flexibility index (Phi) is 3.91. The number of rotatable bonds is 4. The van der Waals surface area contributed by atoms with Crippen LogP contribution in [0.5, 0.6) is 0 Å². The van der Waals surface area contributed by atoms with Crippen LogP contribution in [-0.2, 0) is 11.3 Å². The van der Waals surface area contributed by atoms with E-state index < -0.39 is 0 Å². The molecule has 0 radical (unpaired) electrons. The third-order valence-corrected chi connectivity index (χ3v) is 5.72. The quantitative estimate of drug-likeness (QED) is 0.825. The van der Waals surface area contributed by atoms with Crippen molar-refractivity contribution in [1.82, 2.24) is 24.9 Å². The number of hydrogen-bond acceptors (Lipinski definition) is 6. The molecular weight excluding hydrogens is 346 g/mol. The number of pyridine rings is 1. The van der Waals surface area contributed by atoms with Crippen LogP contribution in [-0.4, -0.2) is 48.9 Å². The summed E-state index contributed by atoms with van der Waals surface area (Å²) >= 11 is 0. The van der Waals surface area contributed by atoms with E-state index >= 15 is 0 Å². The zero-order chi connectivity index (χ0) is 18.4. The molecule has 0 spiro atoms. The second-order valence-corrected chi connectivity index (χ2v) is 7.53. The van der Waals surface area contributed by atoms with Crippen LogP contribution >= 0.6 is 0 Å². The molecule has 2 unspecified atom stereocenters. The van der Waals surface area contributed by atoms with E-state index in [4.69, 9.17) is 4.52 Å². The lowest BCUT2D eigenvalue weighted by molar-refractivity contribution is -0.141. The van der Waals surface area contributed by atoms with Gasteiger partial charge in [-0.25, -0.2) is 4.79 Å². The first kappa shape index (κ1) is 16.4. The van der Waals surface area contributed by atoms with Gasteiger partial charge in [0.25, 0.3) is 0 Å². The van der Waals surface area contributed by atoms with Crippen LogP contribution < -0.4 is 0 Å². The zero-order valence-electron chi connectivity index (χ0n) is 15.0. The van der Waals surface area contributed by atoms with E-state index in [2.05, 4.69) is 15.1 Å². The summed E-state index contributed by atoms with van der Waals surface area (Å²) in [5.74, 6) is 0.696. The summed E-state index contributed by atoms with van der Waals surface area (Å²) in [4.78, 5) is 37.8. The molecule has 0 N–H and O–H groups in total. The molecule has 2 aromatic rings. The van der Waals surface area contributed by atoms with Crippen molar-refractivity contribution >= 4 is 11.9 Å². The molecule has 0 bridgehead atoms. The highest BCUT2D eigenvalue weighted by Crippen LogP contribution is 2.39. The third kappa shape index (κ3) is 2.89. The smallest absolute Gasteiger partial charge is 0.327 e. The Morgan fingerprint density at radius 3 is 2.74 bits per heavy atom. The van der Waals surface area contributed by atoms with E-state index in [-0.39, 0.29) is 36.5 Å². The van der Waals surface area contributed by atoms with Gasteiger partial charge < -0.3 is 9.42 Å². The van der Waals surface area contributed by atoms with Gasteiger partial charge in [0.15, 0.2) is 0 Å². The Morgan fingerprint density at radius 1 is 1.11 bits per heavy atom. The van der Waals surface area contributed by atoms with Crippen molar-refractivity contribution in [2.24, 2.45) is 5.92 Å². The Labute approximate surface area is 156 Å². The minimum Gasteiger partial charge on any atom is -0.337 e. The van der Waals surface area contributed by atoms with Gasteiger partial charge in [0.05, 0.1) is 5.92 Å². The minimum absolute atomic E-state index is 0.0168. The molecule has 2 aliphatic carbocycles. The van der Waals surface area contributed by atoms with Crippen LogP contribution in [0.2, 0.25) is 0 Å². The van der Waals surface area contributed by atoms with Crippen LogP contribution in [0.15, 0.2) is 28.9 Å². The number of fused-ring (bicyclic) bond motifs is 1. The molecule has 140 valence electrons. The number of hydrogen-bond donors (Lipinski definition) is 0. The van der Waals surface area contributed by atoms with Gasteiger partial charge >= 0.3 is 6.03 Å². The maximum Gasteiger partial charge on any atom is 0.327 e. The van der Waals surface area contributed by atoms with Crippen molar-refractivity contribution in [3.05, 3.63) is 30.3 Å². The number of carbonyl (C=O) groups excluding carboxylic acids is 2. The summed E-state index contributed by atoms with van der Waals surface area (Å²) in [7, 11) is 0. The fraction of sp³-hybridized carbons (Fsp3) is 0.526. The van der Waals surface area contributed by atoms with Gasteiger partial charge in [-0.2, -0.15) is 4.98 Å². The predicted molar refractivity (Wildman–Crippen MR) is 94.1 cm³/mol. The van der Waals surface area contributed by atoms with E-state index in [1.165, 1.54) is 4.90 Å². The van der Waals surface area contributed by atoms with E-state index in [0.29, 0.717) is 17.4 Å². The van der Waals surface area contributed by atoms with Crippen LogP contribution in [0, 0.1) is 5.92 Å². The zero-order valence-corrected chi connectivity index (χ0v) is 15.0. The van der Waals surface area contributed by atoms with Crippen molar-refractivity contribution < 1.29 is 14.1 Å². The molecule has 1 aliphatic heterocycles. The molecule has 3 aliphatic rings. The van der Waals surface area contributed by atoms with Gasteiger partial charge in [0.2, 0.25) is 17.6 Å². The highest BCUT2D eigenvalue weighted by atomic mass is 16.5. The molecule has 27 heavy (non-hydrogen) atoms. The largest absolute Gasteiger partial charge is 0.337 e. The van der Waals surface area contributed by atoms with E-state index in [9.17, 15) is 9.59 Å². The average molecular weight is 367 g/mol. The standard InChI is InChI=1S/C19H21N5O3/c25-18-13-5-1-2-7-15(13)23(19(26)24(18)12-8-9-12)11-16-21-17(22-27-16)14-6-3-4-10-20-14/h3-4,6,10,12-13,15H,1-2,5,7-9,11H2. The maximum atomic E-state index is 13.1. The summed E-state index contributed by atoms with van der Waals surface area (Å²) in [5.41, 5.74) is 0.628. The Morgan fingerprint density at radius 2 is 1.96 bits per heavy atom. The molecule has 8 nitrogen and oxygen atoms in total. The number of amides is 3. The van der Waals surface area contributed by atoms with Crippen molar-refractivity contribution in [2.45, 2.75) is 57.2 Å². The first-order valence-corrected chi connectivity index (χ1v) is 9.60. The second-order valence-electron chi connectivity index (χ2n) is 7.53. The van der Waals surface area contributed by atoms with Crippen LogP contribution in [0.25, 0.3) is 11.5 Å². The predicted octanol–water partition coefficient (Wildman–Crippen LogP) is 2.62. The first-order chi connectivity index (χ1) is 13.2. The van der Waals surface area contributed by atoms with Gasteiger partial charge in [-0.05, 0) is 37.8 Å². The second kappa shape index (κ2) is 6.44. The fourth-order valence-corrected chi connectivity index (χ4v) is 4.24. The van der Waals surface area contributed by atoms with Crippen molar-refractivity contribution in [2.75, 3.05) is 0 Å². The molecule has 2 aromatic heterocycles. The summed E-state index contributed by atoms with van der Waals surface area (Å²) < 4.78 is 5.39. The molecule has 3 amide bonds. The van der Waals surface area contributed by atoms with Crippen molar-refractivity contribution in [1.29, 1.82) is 0 Å². The molecule has 8 heteroatoms. The lowest BCUT2D eigenvalue weighted by Crippen LogP contribution is -2.62. The molecular formula is C19H21N5O3. The van der Waals surface area contributed by atoms with Crippen LogP contribution in [0.1, 0.15) is 44.4 Å². The number of nitrogens with zero attached hydrogens (tertiary/aromatic N) is 5. The highest BCUT2D eigenvalue weighted by Gasteiger charge is 2.51. The summed E-state index contributed by atoms with van der Waals surface area (Å²) in [6.07, 6.45) is 7.26. The number of imide groups is 1. The van der Waals surface area contributed by atoms with E-state index in [0.717, 1.165) is 38.5 Å². The molecule has 1 saturated heterocycles. The molecule has 3 fully saturated rings. The van der Waals surface area contributed by atoms with Crippen molar-refractivity contribution in [3.8, 4) is 11.5 Å². The Balaban J connectivity index is 1.41. The number of urea groups is 1. The lowest BCUT2D eigenvalue weighted by atomic mass is 9.81. The third-order valence-electron chi connectivity index (χ3n) is 5.72. The molecule has 2 atom stereocenters. The first-order valence-electron chi connectivity index (χ1n) is 9.60. The lowest BCUT2D eigenvalue weighted by Gasteiger charge is -2.46. The number of carbonyl (C=O) groups is 2. The topological polar surface area (TPSA) is 92.4 Å². The van der Waals surface area contributed by atoms with Gasteiger partial charge in [0.1, 0.15) is 12.2 Å². The molecule has 0 aromatic carbocycles. The normalized spacial score (nSPS) is 25.6. The van der Waals surface area contributed by atoms with Crippen LogP contribution in [0.4, 0.5) is 4.79 Å². The van der Waals surface area contributed by atoms with Crippen molar-refractivity contribution in [3.63, 3.8) is 0 Å². The van der Waals surface area contributed by atoms with Crippen LogP contribution in [0.3, 0.4) is 0 Å². The van der Waals surface area contributed by atoms with E-state index in [1.807, 2.05) is 18.2 Å². The molecule has 5 rings (SSSR count). The molecule has 3 heterocycles. The summed E-state index contributed by atoms with van der Waals surface area (Å²) in [5, 5.41) is 4.00. The average Bonchev–Trinajstić information content (AvgIpc) is 3.42. The van der Waals surface area contributed by atoms with Gasteiger partial charge in [-0.1, -0.05) is 24.1 Å². The SMILES string of the molecule is O=C1C2CCCCC2N(Cc2nc(-c3ccccn3)no2)C(=O)N1C1CC1. The van der Waals surface area contributed by atoms with Gasteiger partial charge in [-0.15, -0.1) is 0 Å². The summed E-state index contributed by atoms with van der Waals surface area (Å²) in [6, 6.07) is 5.29. The van der Waals surface area contributed by atoms with Gasteiger partial charge in [-0.3, -0.25) is 14.7 Å². The maximum absolute atomic E-state index is 13.1.